The molecule has 3 amide bonds. The summed E-state index contributed by atoms with van der Waals surface area (Å²) in [5, 5.41) is 9.08. The van der Waals surface area contributed by atoms with Gasteiger partial charge < -0.3 is 15.4 Å². The number of nitrogens with one attached hydrogen (secondary N) is 3. The van der Waals surface area contributed by atoms with Crippen LogP contribution in [-0.4, -0.2) is 37.1 Å². The van der Waals surface area contributed by atoms with Crippen LogP contribution in [0.3, 0.4) is 0 Å². The smallest absolute Gasteiger partial charge is 0.329 e. The Labute approximate surface area is 205 Å². The molecule has 0 bridgehead atoms. The van der Waals surface area contributed by atoms with Crippen LogP contribution in [0.15, 0.2) is 88.4 Å². The topological polar surface area (TPSA) is 109 Å². The summed E-state index contributed by atoms with van der Waals surface area (Å²) in [4.78, 5) is 35.7. The Hall–Kier alpha value is -3.98. The molecule has 174 valence electrons. The van der Waals surface area contributed by atoms with Crippen molar-refractivity contribution in [1.82, 2.24) is 10.7 Å². The fourth-order valence-corrected chi connectivity index (χ4v) is 3.21. The van der Waals surface area contributed by atoms with E-state index in [1.165, 1.54) is 6.21 Å². The van der Waals surface area contributed by atoms with E-state index in [2.05, 4.69) is 37.1 Å². The number of hydrazone groups is 1. The molecular formula is C25H23BrN4O4. The molecule has 0 aliphatic rings. The maximum atomic E-state index is 11.9. The molecule has 0 saturated carbocycles. The molecule has 34 heavy (non-hydrogen) atoms. The Kier molecular flexibility index (Phi) is 9.36. The molecule has 0 aliphatic carbocycles. The monoisotopic (exact) mass is 522 g/mol. The van der Waals surface area contributed by atoms with E-state index in [0.717, 1.165) is 16.5 Å². The first-order valence-corrected chi connectivity index (χ1v) is 11.2. The number of carbonyl (C=O) groups excluding carboxylic acids is 3. The van der Waals surface area contributed by atoms with E-state index in [1.54, 1.807) is 48.5 Å². The number of carbonyl (C=O) groups is 3. The van der Waals surface area contributed by atoms with E-state index in [-0.39, 0.29) is 12.5 Å². The summed E-state index contributed by atoms with van der Waals surface area (Å²) in [6.07, 6.45) is 2.15. The lowest BCUT2D eigenvalue weighted by Crippen LogP contribution is -2.32. The van der Waals surface area contributed by atoms with Gasteiger partial charge in [-0.1, -0.05) is 52.3 Å². The van der Waals surface area contributed by atoms with Gasteiger partial charge in [-0.2, -0.15) is 5.10 Å². The van der Waals surface area contributed by atoms with Gasteiger partial charge in [-0.05, 0) is 60.0 Å². The zero-order valence-electron chi connectivity index (χ0n) is 18.2. The highest BCUT2D eigenvalue weighted by Gasteiger charge is 2.12. The van der Waals surface area contributed by atoms with Crippen molar-refractivity contribution in [3.63, 3.8) is 0 Å². The fraction of sp³-hybridized carbons (Fsp3) is 0.120. The molecule has 3 rings (SSSR count). The Morgan fingerprint density at radius 2 is 1.68 bits per heavy atom. The minimum absolute atomic E-state index is 0.0919. The number of hydrogen-bond acceptors (Lipinski definition) is 5. The number of hydrogen-bond donors (Lipinski definition) is 3. The van der Waals surface area contributed by atoms with Crippen molar-refractivity contribution in [3.05, 3.63) is 94.5 Å². The van der Waals surface area contributed by atoms with E-state index >= 15 is 0 Å². The lowest BCUT2D eigenvalue weighted by Gasteiger charge is -2.08. The Balaban J connectivity index is 1.36. The number of benzene rings is 3. The first kappa shape index (κ1) is 24.7. The average molecular weight is 523 g/mol. The van der Waals surface area contributed by atoms with Crippen LogP contribution in [0.2, 0.25) is 0 Å². The van der Waals surface area contributed by atoms with Gasteiger partial charge in [-0.25, -0.2) is 5.43 Å². The molecular weight excluding hydrogens is 500 g/mol. The van der Waals surface area contributed by atoms with Gasteiger partial charge in [0.15, 0.2) is 6.61 Å². The average Bonchev–Trinajstić information content (AvgIpc) is 2.84. The first-order chi connectivity index (χ1) is 16.5. The predicted molar refractivity (Wildman–Crippen MR) is 134 cm³/mol. The normalized spacial score (nSPS) is 10.5. The highest BCUT2D eigenvalue weighted by Crippen LogP contribution is 2.15. The van der Waals surface area contributed by atoms with Crippen LogP contribution < -0.4 is 20.8 Å². The van der Waals surface area contributed by atoms with Crippen LogP contribution in [-0.2, 0) is 20.8 Å². The van der Waals surface area contributed by atoms with Crippen molar-refractivity contribution in [2.45, 2.75) is 6.42 Å². The predicted octanol–water partition coefficient (Wildman–Crippen LogP) is 3.28. The van der Waals surface area contributed by atoms with Crippen molar-refractivity contribution in [1.29, 1.82) is 0 Å². The van der Waals surface area contributed by atoms with Crippen LogP contribution in [0.25, 0.3) is 0 Å². The van der Waals surface area contributed by atoms with Crippen LogP contribution in [0.1, 0.15) is 11.1 Å². The number of amides is 3. The first-order valence-electron chi connectivity index (χ1n) is 10.4. The van der Waals surface area contributed by atoms with Gasteiger partial charge in [0.2, 0.25) is 0 Å². The standard InChI is InChI=1S/C25H23BrN4O4/c26-20-7-4-8-21(15-20)29-24(32)25(33)30-28-16-19-9-11-22(12-10-19)34-17-23(31)27-14-13-18-5-2-1-3-6-18/h1-12,15-16H,13-14,17H2,(H,27,31)(H,29,32)(H,30,33)/b28-16-. The SMILES string of the molecule is O=C(COc1ccc(/C=N\NC(=O)C(=O)Nc2cccc(Br)c2)cc1)NCCc1ccccc1. The van der Waals surface area contributed by atoms with Crippen LogP contribution in [0, 0.1) is 0 Å². The Morgan fingerprint density at radius 3 is 2.41 bits per heavy atom. The summed E-state index contributed by atoms with van der Waals surface area (Å²) < 4.78 is 6.26. The highest BCUT2D eigenvalue weighted by molar-refractivity contribution is 9.10. The molecule has 0 aromatic heterocycles. The van der Waals surface area contributed by atoms with Crippen LogP contribution >= 0.6 is 15.9 Å². The van der Waals surface area contributed by atoms with Gasteiger partial charge >= 0.3 is 11.8 Å². The van der Waals surface area contributed by atoms with Gasteiger partial charge in [-0.3, -0.25) is 14.4 Å². The maximum absolute atomic E-state index is 11.9. The molecule has 3 aromatic rings. The molecule has 0 fully saturated rings. The van der Waals surface area contributed by atoms with Crippen LogP contribution in [0.4, 0.5) is 5.69 Å². The largest absolute Gasteiger partial charge is 0.484 e. The van der Waals surface area contributed by atoms with Crippen molar-refractivity contribution in [2.24, 2.45) is 5.10 Å². The molecule has 0 unspecified atom stereocenters. The van der Waals surface area contributed by atoms with Crippen molar-refractivity contribution in [2.75, 3.05) is 18.5 Å². The van der Waals surface area contributed by atoms with E-state index in [4.69, 9.17) is 4.74 Å². The lowest BCUT2D eigenvalue weighted by molar-refractivity contribution is -0.136. The molecule has 0 radical (unpaired) electrons. The second kappa shape index (κ2) is 12.9. The number of ether oxygens (including phenoxy) is 1. The minimum atomic E-state index is -0.894. The summed E-state index contributed by atoms with van der Waals surface area (Å²) in [5.74, 6) is -1.41. The lowest BCUT2D eigenvalue weighted by atomic mass is 10.1. The third-order valence-corrected chi connectivity index (χ3v) is 4.99. The molecule has 0 atom stereocenters. The van der Waals surface area contributed by atoms with E-state index in [0.29, 0.717) is 23.5 Å². The zero-order chi connectivity index (χ0) is 24.2. The third-order valence-electron chi connectivity index (χ3n) is 4.50. The molecule has 3 aromatic carbocycles. The van der Waals surface area contributed by atoms with E-state index in [1.807, 2.05) is 30.3 Å². The molecule has 9 heteroatoms. The number of halogens is 1. The van der Waals surface area contributed by atoms with Gasteiger partial charge in [0.25, 0.3) is 5.91 Å². The van der Waals surface area contributed by atoms with E-state index in [9.17, 15) is 14.4 Å². The number of anilines is 1. The third kappa shape index (κ3) is 8.51. The number of rotatable bonds is 9. The Morgan fingerprint density at radius 1 is 0.912 bits per heavy atom. The fourth-order valence-electron chi connectivity index (χ4n) is 2.81. The Bertz CT molecular complexity index is 1150. The maximum Gasteiger partial charge on any atom is 0.329 e. The summed E-state index contributed by atoms with van der Waals surface area (Å²) in [5.41, 5.74) is 4.49. The van der Waals surface area contributed by atoms with Gasteiger partial charge in [0.05, 0.1) is 6.21 Å². The minimum Gasteiger partial charge on any atom is -0.484 e. The molecule has 0 spiro atoms. The summed E-state index contributed by atoms with van der Waals surface area (Å²) in [6, 6.07) is 23.6. The molecule has 0 aliphatic heterocycles. The van der Waals surface area contributed by atoms with Gasteiger partial charge in [0, 0.05) is 16.7 Å². The van der Waals surface area contributed by atoms with Crippen LogP contribution in [0.5, 0.6) is 5.75 Å². The summed E-state index contributed by atoms with van der Waals surface area (Å²) in [6.45, 7) is 0.444. The second-order valence-corrected chi connectivity index (χ2v) is 8.02. The molecule has 0 heterocycles. The summed E-state index contributed by atoms with van der Waals surface area (Å²) in [7, 11) is 0. The quantitative estimate of drug-likeness (QED) is 0.227. The van der Waals surface area contributed by atoms with Crippen molar-refractivity contribution < 1.29 is 19.1 Å². The number of nitrogens with zero attached hydrogens (tertiary/aromatic N) is 1. The van der Waals surface area contributed by atoms with Crippen molar-refractivity contribution in [3.8, 4) is 5.75 Å². The van der Waals surface area contributed by atoms with Gasteiger partial charge in [-0.15, -0.1) is 0 Å². The second-order valence-electron chi connectivity index (χ2n) is 7.11. The molecule has 8 nitrogen and oxygen atoms in total. The molecule has 3 N–H and O–H groups in total. The van der Waals surface area contributed by atoms with E-state index < -0.39 is 11.8 Å². The zero-order valence-corrected chi connectivity index (χ0v) is 19.7. The summed E-state index contributed by atoms with van der Waals surface area (Å²) >= 11 is 3.29. The highest BCUT2D eigenvalue weighted by atomic mass is 79.9. The van der Waals surface area contributed by atoms with Gasteiger partial charge in [0.1, 0.15) is 5.75 Å². The molecule has 0 saturated heterocycles. The van der Waals surface area contributed by atoms with Crippen molar-refractivity contribution >= 4 is 45.6 Å².